The van der Waals surface area contributed by atoms with E-state index in [1.807, 2.05) is 0 Å². The maximum Gasteiger partial charge on any atom is 0.0629 e. The van der Waals surface area contributed by atoms with Crippen LogP contribution in [0.25, 0.3) is 38.6 Å². The quantitative estimate of drug-likeness (QED) is 0.177. The number of anilines is 5. The predicted molar refractivity (Wildman–Crippen MR) is 214 cm³/mol. The van der Waals surface area contributed by atoms with Gasteiger partial charge in [0.05, 0.1) is 17.1 Å². The first kappa shape index (κ1) is 29.3. The van der Waals surface area contributed by atoms with Crippen LogP contribution < -0.4 is 9.80 Å². The van der Waals surface area contributed by atoms with Crippen molar-refractivity contribution < 1.29 is 0 Å². The highest BCUT2D eigenvalue weighted by molar-refractivity contribution is 6.10. The number of aromatic nitrogens is 1. The number of nitrogens with zero attached hydrogens (tertiary/aromatic N) is 3. The highest BCUT2D eigenvalue weighted by atomic mass is 15.2. The van der Waals surface area contributed by atoms with Crippen LogP contribution in [0.15, 0.2) is 200 Å². The summed E-state index contributed by atoms with van der Waals surface area (Å²) < 4.78 is 2.37. The van der Waals surface area contributed by atoms with E-state index < -0.39 is 0 Å². The molecule has 10 rings (SSSR count). The molecule has 3 nitrogen and oxygen atoms in total. The lowest BCUT2D eigenvalue weighted by atomic mass is 9.91. The van der Waals surface area contributed by atoms with Crippen molar-refractivity contribution in [3.63, 3.8) is 0 Å². The van der Waals surface area contributed by atoms with Crippen molar-refractivity contribution in [3.8, 4) is 16.8 Å². The molecule has 1 aliphatic carbocycles. The van der Waals surface area contributed by atoms with Crippen LogP contribution in [-0.2, 0) is 0 Å². The average molecular weight is 654 g/mol. The van der Waals surface area contributed by atoms with Crippen molar-refractivity contribution in [2.45, 2.75) is 12.0 Å². The molecule has 0 fully saturated rings. The average Bonchev–Trinajstić information content (AvgIpc) is 3.72. The Morgan fingerprint density at radius 1 is 0.431 bits per heavy atom. The molecule has 0 radical (unpaired) electrons. The van der Waals surface area contributed by atoms with Gasteiger partial charge in [0.15, 0.2) is 0 Å². The molecule has 0 saturated carbocycles. The van der Waals surface area contributed by atoms with Crippen LogP contribution in [0, 0.1) is 0 Å². The molecule has 51 heavy (non-hydrogen) atoms. The van der Waals surface area contributed by atoms with Gasteiger partial charge in [0.25, 0.3) is 0 Å². The summed E-state index contributed by atoms with van der Waals surface area (Å²) in [6.07, 6.45) is 9.01. The van der Waals surface area contributed by atoms with Crippen molar-refractivity contribution in [2.75, 3.05) is 9.80 Å². The van der Waals surface area contributed by atoms with Crippen LogP contribution in [-0.4, -0.2) is 10.6 Å². The summed E-state index contributed by atoms with van der Waals surface area (Å²) >= 11 is 0. The molecule has 8 aromatic rings. The third-order valence-corrected chi connectivity index (χ3v) is 10.5. The summed E-state index contributed by atoms with van der Waals surface area (Å²) in [7, 11) is 0. The third kappa shape index (κ3) is 4.89. The van der Waals surface area contributed by atoms with Crippen LogP contribution in [0.5, 0.6) is 0 Å². The molecule has 2 heterocycles. The SMILES string of the molecule is C1=CC2c3ccccc3N(c3ccc(-c4ccc(N(c5ccccc5)c5ccc6c(c5)c5ccccc5n6-c5ccccc5)cc4)cc3)C2C=C1. The largest absolute Gasteiger partial charge is 0.333 e. The summed E-state index contributed by atoms with van der Waals surface area (Å²) in [6.45, 7) is 0. The monoisotopic (exact) mass is 653 g/mol. The summed E-state index contributed by atoms with van der Waals surface area (Å²) in [6, 6.07) is 64.0. The Morgan fingerprint density at radius 2 is 1.04 bits per heavy atom. The Morgan fingerprint density at radius 3 is 1.84 bits per heavy atom. The van der Waals surface area contributed by atoms with Crippen LogP contribution >= 0.6 is 0 Å². The van der Waals surface area contributed by atoms with E-state index in [4.69, 9.17) is 0 Å². The van der Waals surface area contributed by atoms with E-state index in [1.54, 1.807) is 0 Å². The molecule has 3 heteroatoms. The molecule has 0 spiro atoms. The Hall–Kier alpha value is -6.58. The topological polar surface area (TPSA) is 11.4 Å². The molecule has 0 N–H and O–H groups in total. The molecule has 1 aliphatic heterocycles. The van der Waals surface area contributed by atoms with Gasteiger partial charge in [-0.25, -0.2) is 0 Å². The molecule has 2 unspecified atom stereocenters. The minimum Gasteiger partial charge on any atom is -0.333 e. The van der Waals surface area contributed by atoms with E-state index in [2.05, 4.69) is 215 Å². The van der Waals surface area contributed by atoms with Crippen LogP contribution in [0.1, 0.15) is 11.5 Å². The summed E-state index contributed by atoms with van der Waals surface area (Å²) in [4.78, 5) is 4.84. The van der Waals surface area contributed by atoms with E-state index in [9.17, 15) is 0 Å². The number of allylic oxidation sites excluding steroid dienone is 2. The first-order chi connectivity index (χ1) is 25.3. The molecule has 0 amide bonds. The van der Waals surface area contributed by atoms with Gasteiger partial charge in [0.1, 0.15) is 0 Å². The fraction of sp³-hybridized carbons (Fsp3) is 0.0417. The van der Waals surface area contributed by atoms with Gasteiger partial charge in [-0.3, -0.25) is 0 Å². The van der Waals surface area contributed by atoms with Gasteiger partial charge in [0.2, 0.25) is 0 Å². The highest BCUT2D eigenvalue weighted by Crippen LogP contribution is 2.48. The standard InChI is InChI=1S/C48H35N3/c1-3-13-36(14-4-1)49(40-31-32-48-44(33-40)43-19-9-12-22-47(43)50(48)37-15-5-2-6-16-37)38-27-23-34(24-28-38)35-25-29-39(30-26-35)51-45-20-10-7-17-41(45)42-18-8-11-21-46(42)51/h1-33,41,45H. The van der Waals surface area contributed by atoms with E-state index in [-0.39, 0.29) is 0 Å². The zero-order valence-electron chi connectivity index (χ0n) is 28.0. The lowest BCUT2D eigenvalue weighted by molar-refractivity contribution is 0.745. The smallest absolute Gasteiger partial charge is 0.0629 e. The Balaban J connectivity index is 1.01. The van der Waals surface area contributed by atoms with Gasteiger partial charge in [-0.1, -0.05) is 121 Å². The molecular weight excluding hydrogens is 619 g/mol. The first-order valence-electron chi connectivity index (χ1n) is 17.7. The molecule has 0 saturated heterocycles. The zero-order valence-corrected chi connectivity index (χ0v) is 28.0. The van der Waals surface area contributed by atoms with Gasteiger partial charge in [-0.15, -0.1) is 0 Å². The van der Waals surface area contributed by atoms with Gasteiger partial charge >= 0.3 is 0 Å². The lowest BCUT2D eigenvalue weighted by Gasteiger charge is -2.29. The van der Waals surface area contributed by atoms with E-state index in [1.165, 1.54) is 49.9 Å². The third-order valence-electron chi connectivity index (χ3n) is 10.5. The Bertz CT molecular complexity index is 2580. The van der Waals surface area contributed by atoms with Crippen LogP contribution in [0.3, 0.4) is 0 Å². The number of hydrogen-bond acceptors (Lipinski definition) is 2. The van der Waals surface area contributed by atoms with Gasteiger partial charge in [-0.2, -0.15) is 0 Å². The van der Waals surface area contributed by atoms with Crippen molar-refractivity contribution in [1.82, 2.24) is 4.57 Å². The van der Waals surface area contributed by atoms with Gasteiger partial charge < -0.3 is 14.4 Å². The number of benzene rings is 7. The minimum absolute atomic E-state index is 0.301. The number of hydrogen-bond donors (Lipinski definition) is 0. The van der Waals surface area contributed by atoms with Crippen molar-refractivity contribution in [2.24, 2.45) is 0 Å². The van der Waals surface area contributed by atoms with Gasteiger partial charge in [-0.05, 0) is 95.6 Å². The number of para-hydroxylation sites is 4. The lowest BCUT2D eigenvalue weighted by Crippen LogP contribution is -2.28. The summed E-state index contributed by atoms with van der Waals surface area (Å²) in [5.41, 5.74) is 13.2. The Kier molecular flexibility index (Phi) is 6.95. The molecule has 2 aliphatic rings. The van der Waals surface area contributed by atoms with Crippen molar-refractivity contribution >= 4 is 50.2 Å². The molecule has 1 aromatic heterocycles. The fourth-order valence-electron chi connectivity index (χ4n) is 8.19. The zero-order chi connectivity index (χ0) is 33.7. The predicted octanol–water partition coefficient (Wildman–Crippen LogP) is 12.7. The molecular formula is C48H35N3. The summed E-state index contributed by atoms with van der Waals surface area (Å²) in [5.74, 6) is 0.384. The second kappa shape index (κ2) is 12.1. The molecule has 7 aromatic carbocycles. The fourth-order valence-corrected chi connectivity index (χ4v) is 8.19. The van der Waals surface area contributed by atoms with E-state index in [0.717, 1.165) is 22.7 Å². The molecule has 2 atom stereocenters. The van der Waals surface area contributed by atoms with Crippen LogP contribution in [0.4, 0.5) is 28.4 Å². The summed E-state index contributed by atoms with van der Waals surface area (Å²) in [5, 5.41) is 2.48. The normalized spacial score (nSPS) is 16.0. The number of fused-ring (bicyclic) bond motifs is 6. The minimum atomic E-state index is 0.301. The first-order valence-corrected chi connectivity index (χ1v) is 17.7. The van der Waals surface area contributed by atoms with Gasteiger partial charge in [0, 0.05) is 50.8 Å². The second-order valence-corrected chi connectivity index (χ2v) is 13.4. The van der Waals surface area contributed by atoms with Crippen molar-refractivity contribution in [3.05, 3.63) is 206 Å². The highest BCUT2D eigenvalue weighted by Gasteiger charge is 2.36. The van der Waals surface area contributed by atoms with E-state index in [0.29, 0.717) is 12.0 Å². The Labute approximate surface area is 298 Å². The van der Waals surface area contributed by atoms with Crippen molar-refractivity contribution in [1.29, 1.82) is 0 Å². The molecule has 242 valence electrons. The van der Waals surface area contributed by atoms with Crippen LogP contribution in [0.2, 0.25) is 0 Å². The molecule has 0 bridgehead atoms. The maximum absolute atomic E-state index is 2.48. The van der Waals surface area contributed by atoms with E-state index >= 15 is 0 Å². The maximum atomic E-state index is 2.48. The number of rotatable bonds is 6. The second-order valence-electron chi connectivity index (χ2n) is 13.4.